The first-order chi connectivity index (χ1) is 11.4. The second-order valence-corrected chi connectivity index (χ2v) is 7.38. The van der Waals surface area contributed by atoms with E-state index in [2.05, 4.69) is 37.9 Å². The van der Waals surface area contributed by atoms with Crippen molar-refractivity contribution >= 4 is 21.6 Å². The van der Waals surface area contributed by atoms with Crippen molar-refractivity contribution in [2.24, 2.45) is 5.92 Å². The van der Waals surface area contributed by atoms with Crippen molar-refractivity contribution in [3.05, 3.63) is 28.2 Å². The summed E-state index contributed by atoms with van der Waals surface area (Å²) >= 11 is 3.52. The highest BCUT2D eigenvalue weighted by molar-refractivity contribution is 9.10. The predicted molar refractivity (Wildman–Crippen MR) is 91.2 cm³/mol. The molecule has 0 atom stereocenters. The largest absolute Gasteiger partial charge is 0.391 e. The van der Waals surface area contributed by atoms with Crippen LogP contribution in [0.2, 0.25) is 0 Å². The van der Waals surface area contributed by atoms with Gasteiger partial charge in [-0.05, 0) is 43.6 Å². The Morgan fingerprint density at radius 2 is 1.75 bits per heavy atom. The summed E-state index contributed by atoms with van der Waals surface area (Å²) in [5.74, 6) is -1.14. The summed E-state index contributed by atoms with van der Waals surface area (Å²) in [6.07, 6.45) is -3.65. The summed E-state index contributed by atoms with van der Waals surface area (Å²) in [5, 5.41) is 0. The van der Waals surface area contributed by atoms with Gasteiger partial charge in [-0.25, -0.2) is 0 Å². The molecule has 1 aromatic rings. The molecule has 1 aromatic carbocycles. The number of alkyl halides is 3. The van der Waals surface area contributed by atoms with Crippen molar-refractivity contribution in [2.45, 2.75) is 25.6 Å². The standard InChI is InChI=1S/C17H22BrF3N2O/c18-15-2-1-13(16(11-15)23-7-9-24-10-8-23)12-22-5-3-14(4-6-22)17(19,20)21/h1-2,11,14H,3-10,12H2. The van der Waals surface area contributed by atoms with E-state index in [-0.39, 0.29) is 12.8 Å². The van der Waals surface area contributed by atoms with Crippen LogP contribution in [0.25, 0.3) is 0 Å². The van der Waals surface area contributed by atoms with Crippen LogP contribution in [0.4, 0.5) is 18.9 Å². The second-order valence-electron chi connectivity index (χ2n) is 6.46. The lowest BCUT2D eigenvalue weighted by Gasteiger charge is -2.35. The molecule has 2 heterocycles. The van der Waals surface area contributed by atoms with Gasteiger partial charge in [0.2, 0.25) is 0 Å². The van der Waals surface area contributed by atoms with Crippen LogP contribution in [0.3, 0.4) is 0 Å². The maximum Gasteiger partial charge on any atom is 0.391 e. The molecule has 2 saturated heterocycles. The van der Waals surface area contributed by atoms with Gasteiger partial charge in [0, 0.05) is 29.8 Å². The van der Waals surface area contributed by atoms with Crippen molar-refractivity contribution in [2.75, 3.05) is 44.3 Å². The second kappa shape index (κ2) is 7.62. The Morgan fingerprint density at radius 3 is 2.38 bits per heavy atom. The van der Waals surface area contributed by atoms with Gasteiger partial charge in [-0.2, -0.15) is 13.2 Å². The lowest BCUT2D eigenvalue weighted by molar-refractivity contribution is -0.185. The van der Waals surface area contributed by atoms with E-state index in [9.17, 15) is 13.2 Å². The lowest BCUT2D eigenvalue weighted by atomic mass is 9.96. The van der Waals surface area contributed by atoms with Crippen LogP contribution >= 0.6 is 15.9 Å². The number of rotatable bonds is 3. The molecule has 0 unspecified atom stereocenters. The summed E-state index contributed by atoms with van der Waals surface area (Å²) in [6.45, 7) is 4.82. The maximum atomic E-state index is 12.8. The first-order valence-corrected chi connectivity index (χ1v) is 9.13. The van der Waals surface area contributed by atoms with Crippen molar-refractivity contribution in [1.29, 1.82) is 0 Å². The number of piperidine rings is 1. The van der Waals surface area contributed by atoms with Gasteiger partial charge in [-0.3, -0.25) is 4.90 Å². The Labute approximate surface area is 148 Å². The first-order valence-electron chi connectivity index (χ1n) is 8.33. The molecule has 0 N–H and O–H groups in total. The average molecular weight is 407 g/mol. The minimum absolute atomic E-state index is 0.201. The third-order valence-electron chi connectivity index (χ3n) is 4.84. The van der Waals surface area contributed by atoms with Gasteiger partial charge in [0.25, 0.3) is 0 Å². The molecule has 0 saturated carbocycles. The molecule has 0 aliphatic carbocycles. The van der Waals surface area contributed by atoms with Crippen LogP contribution in [-0.2, 0) is 11.3 Å². The lowest BCUT2D eigenvalue weighted by Crippen LogP contribution is -2.40. The minimum Gasteiger partial charge on any atom is -0.378 e. The molecule has 24 heavy (non-hydrogen) atoms. The number of hydrogen-bond donors (Lipinski definition) is 0. The number of hydrogen-bond acceptors (Lipinski definition) is 3. The smallest absolute Gasteiger partial charge is 0.378 e. The summed E-state index contributed by atoms with van der Waals surface area (Å²) in [6, 6.07) is 6.18. The number of nitrogens with zero attached hydrogens (tertiary/aromatic N) is 2. The van der Waals surface area contributed by atoms with E-state index in [0.717, 1.165) is 23.2 Å². The molecule has 3 rings (SSSR count). The molecule has 0 bridgehead atoms. The van der Waals surface area contributed by atoms with E-state index in [0.29, 0.717) is 32.8 Å². The summed E-state index contributed by atoms with van der Waals surface area (Å²) in [5.41, 5.74) is 2.33. The fraction of sp³-hybridized carbons (Fsp3) is 0.647. The van der Waals surface area contributed by atoms with Crippen molar-refractivity contribution < 1.29 is 17.9 Å². The van der Waals surface area contributed by atoms with E-state index in [1.54, 1.807) is 0 Å². The predicted octanol–water partition coefficient (Wildman–Crippen LogP) is 4.06. The quantitative estimate of drug-likeness (QED) is 0.752. The Bertz CT molecular complexity index is 553. The molecular formula is C17H22BrF3N2O. The molecule has 134 valence electrons. The molecular weight excluding hydrogens is 385 g/mol. The number of ether oxygens (including phenoxy) is 1. The zero-order chi connectivity index (χ0) is 17.2. The van der Waals surface area contributed by atoms with Crippen LogP contribution < -0.4 is 4.90 Å². The van der Waals surface area contributed by atoms with Gasteiger partial charge in [0.1, 0.15) is 0 Å². The normalized spacial score (nSPS) is 21.2. The highest BCUT2D eigenvalue weighted by Crippen LogP contribution is 2.35. The molecule has 0 radical (unpaired) electrons. The number of anilines is 1. The van der Waals surface area contributed by atoms with E-state index < -0.39 is 12.1 Å². The van der Waals surface area contributed by atoms with E-state index >= 15 is 0 Å². The minimum atomic E-state index is -4.05. The van der Waals surface area contributed by atoms with Gasteiger partial charge in [-0.15, -0.1) is 0 Å². The zero-order valence-electron chi connectivity index (χ0n) is 13.5. The van der Waals surface area contributed by atoms with Crippen molar-refractivity contribution in [3.63, 3.8) is 0 Å². The fourth-order valence-corrected chi connectivity index (χ4v) is 3.78. The highest BCUT2D eigenvalue weighted by Gasteiger charge is 2.41. The molecule has 0 aromatic heterocycles. The Morgan fingerprint density at radius 1 is 1.08 bits per heavy atom. The molecule has 3 nitrogen and oxygen atoms in total. The third-order valence-corrected chi connectivity index (χ3v) is 5.34. The van der Waals surface area contributed by atoms with Gasteiger partial charge in [0.05, 0.1) is 19.1 Å². The van der Waals surface area contributed by atoms with Crippen LogP contribution in [0, 0.1) is 5.92 Å². The van der Waals surface area contributed by atoms with Crippen molar-refractivity contribution in [3.8, 4) is 0 Å². The molecule has 7 heteroatoms. The highest BCUT2D eigenvalue weighted by atomic mass is 79.9. The molecule has 0 spiro atoms. The Hall–Kier alpha value is -0.790. The Kier molecular flexibility index (Phi) is 5.72. The van der Waals surface area contributed by atoms with E-state index in [1.165, 1.54) is 5.56 Å². The number of morpholine rings is 1. The topological polar surface area (TPSA) is 15.7 Å². The summed E-state index contributed by atoms with van der Waals surface area (Å²) in [7, 11) is 0. The van der Waals surface area contributed by atoms with Gasteiger partial charge in [-0.1, -0.05) is 22.0 Å². The number of likely N-dealkylation sites (tertiary alicyclic amines) is 1. The van der Waals surface area contributed by atoms with Crippen molar-refractivity contribution in [1.82, 2.24) is 4.90 Å². The van der Waals surface area contributed by atoms with Crippen LogP contribution in [-0.4, -0.2) is 50.5 Å². The van der Waals surface area contributed by atoms with Gasteiger partial charge < -0.3 is 9.64 Å². The van der Waals surface area contributed by atoms with Gasteiger partial charge in [0.15, 0.2) is 0 Å². The molecule has 0 amide bonds. The molecule has 2 aliphatic heterocycles. The van der Waals surface area contributed by atoms with Crippen LogP contribution in [0.1, 0.15) is 18.4 Å². The third kappa shape index (κ3) is 4.43. The molecule has 2 aliphatic rings. The zero-order valence-corrected chi connectivity index (χ0v) is 15.1. The monoisotopic (exact) mass is 406 g/mol. The average Bonchev–Trinajstić information content (AvgIpc) is 2.57. The van der Waals surface area contributed by atoms with E-state index in [1.807, 2.05) is 6.07 Å². The number of halogens is 4. The van der Waals surface area contributed by atoms with Crippen LogP contribution in [0.5, 0.6) is 0 Å². The first kappa shape index (κ1) is 18.0. The summed E-state index contributed by atoms with van der Waals surface area (Å²) in [4.78, 5) is 4.43. The summed E-state index contributed by atoms with van der Waals surface area (Å²) < 4.78 is 44.8. The maximum absolute atomic E-state index is 12.8. The van der Waals surface area contributed by atoms with E-state index in [4.69, 9.17) is 4.74 Å². The SMILES string of the molecule is FC(F)(F)C1CCN(Cc2ccc(Br)cc2N2CCOCC2)CC1. The fourth-order valence-electron chi connectivity index (χ4n) is 3.43. The Balaban J connectivity index is 1.67. The number of benzene rings is 1. The molecule has 2 fully saturated rings. The van der Waals surface area contributed by atoms with Gasteiger partial charge >= 0.3 is 6.18 Å². The van der Waals surface area contributed by atoms with Crippen LogP contribution in [0.15, 0.2) is 22.7 Å².